The fourth-order valence-corrected chi connectivity index (χ4v) is 3.41. The molecule has 0 atom stereocenters. The molecule has 164 valence electrons. The summed E-state index contributed by atoms with van der Waals surface area (Å²) in [5.74, 6) is 1.41. The van der Waals surface area contributed by atoms with E-state index in [-0.39, 0.29) is 12.6 Å². The van der Waals surface area contributed by atoms with Crippen molar-refractivity contribution in [1.29, 1.82) is 0 Å². The van der Waals surface area contributed by atoms with Crippen LogP contribution in [0.2, 0.25) is 0 Å². The van der Waals surface area contributed by atoms with Crippen LogP contribution in [0.4, 0.5) is 5.95 Å². The van der Waals surface area contributed by atoms with Crippen LogP contribution < -0.4 is 20.9 Å². The van der Waals surface area contributed by atoms with Crippen LogP contribution in [0.15, 0.2) is 30.7 Å². The average molecular weight is 425 g/mol. The van der Waals surface area contributed by atoms with Crippen molar-refractivity contribution in [2.75, 3.05) is 45.2 Å². The zero-order valence-corrected chi connectivity index (χ0v) is 17.4. The molecular weight excluding hydrogens is 398 g/mol. The molecular formula is C21H27N7O3. The zero-order chi connectivity index (χ0) is 21.5. The van der Waals surface area contributed by atoms with Crippen LogP contribution in [-0.2, 0) is 17.9 Å². The lowest BCUT2D eigenvalue weighted by molar-refractivity contribution is 0.0358. The molecule has 1 aromatic carbocycles. The summed E-state index contributed by atoms with van der Waals surface area (Å²) in [6.07, 6.45) is 4.04. The van der Waals surface area contributed by atoms with Gasteiger partial charge in [0.05, 0.1) is 36.4 Å². The first-order chi connectivity index (χ1) is 15.2. The van der Waals surface area contributed by atoms with E-state index < -0.39 is 0 Å². The van der Waals surface area contributed by atoms with Crippen LogP contribution in [0.1, 0.15) is 17.7 Å². The minimum absolute atomic E-state index is 0.179. The predicted molar refractivity (Wildman–Crippen MR) is 116 cm³/mol. The van der Waals surface area contributed by atoms with E-state index in [1.165, 1.54) is 6.33 Å². The van der Waals surface area contributed by atoms with Crippen LogP contribution in [0.25, 0.3) is 10.9 Å². The Morgan fingerprint density at radius 1 is 1.10 bits per heavy atom. The van der Waals surface area contributed by atoms with Crippen molar-refractivity contribution in [2.45, 2.75) is 19.6 Å². The minimum Gasteiger partial charge on any atom is -0.493 e. The van der Waals surface area contributed by atoms with Gasteiger partial charge in [-0.3, -0.25) is 4.90 Å². The number of nitrogens with two attached hydrogens (primary N) is 2. The third-order valence-corrected chi connectivity index (χ3v) is 5.10. The molecule has 0 amide bonds. The highest BCUT2D eigenvalue weighted by Gasteiger charge is 2.11. The highest BCUT2D eigenvalue weighted by molar-refractivity contribution is 5.84. The second-order valence-electron chi connectivity index (χ2n) is 7.21. The maximum absolute atomic E-state index is 5.91. The van der Waals surface area contributed by atoms with E-state index in [9.17, 15) is 0 Å². The molecule has 0 unspecified atom stereocenters. The molecule has 0 aliphatic carbocycles. The van der Waals surface area contributed by atoms with Gasteiger partial charge in [0.1, 0.15) is 18.7 Å². The monoisotopic (exact) mass is 425 g/mol. The maximum Gasteiger partial charge on any atom is 0.224 e. The molecule has 2 aromatic heterocycles. The fraction of sp³-hybridized carbons (Fsp3) is 0.429. The van der Waals surface area contributed by atoms with Crippen molar-refractivity contribution in [3.8, 4) is 11.6 Å². The van der Waals surface area contributed by atoms with Crippen LogP contribution in [0.5, 0.6) is 11.6 Å². The third-order valence-electron chi connectivity index (χ3n) is 5.10. The van der Waals surface area contributed by atoms with Gasteiger partial charge in [0, 0.05) is 44.0 Å². The number of fused-ring (bicyclic) bond motifs is 1. The Labute approximate surface area is 180 Å². The van der Waals surface area contributed by atoms with Crippen molar-refractivity contribution >= 4 is 16.9 Å². The highest BCUT2D eigenvalue weighted by Crippen LogP contribution is 2.26. The predicted octanol–water partition coefficient (Wildman–Crippen LogP) is 1.14. The normalized spacial score (nSPS) is 14.6. The number of hydrogen-bond donors (Lipinski definition) is 2. The van der Waals surface area contributed by atoms with Crippen LogP contribution in [0.3, 0.4) is 0 Å². The van der Waals surface area contributed by atoms with E-state index in [2.05, 4.69) is 24.8 Å². The van der Waals surface area contributed by atoms with E-state index in [0.29, 0.717) is 24.7 Å². The Balaban J connectivity index is 1.37. The highest BCUT2D eigenvalue weighted by atomic mass is 16.5. The second kappa shape index (κ2) is 10.3. The summed E-state index contributed by atoms with van der Waals surface area (Å²) in [7, 11) is 0. The van der Waals surface area contributed by atoms with Gasteiger partial charge in [0.25, 0.3) is 0 Å². The number of rotatable bonds is 9. The Morgan fingerprint density at radius 3 is 2.81 bits per heavy atom. The molecule has 1 aliphatic heterocycles. The van der Waals surface area contributed by atoms with Gasteiger partial charge in [-0.15, -0.1) is 0 Å². The van der Waals surface area contributed by atoms with Crippen molar-refractivity contribution in [3.63, 3.8) is 0 Å². The number of aromatic nitrogens is 4. The minimum atomic E-state index is 0.179. The second-order valence-corrected chi connectivity index (χ2v) is 7.21. The molecule has 3 heterocycles. The summed E-state index contributed by atoms with van der Waals surface area (Å²) in [6, 6.07) is 5.70. The molecule has 31 heavy (non-hydrogen) atoms. The third kappa shape index (κ3) is 5.54. The largest absolute Gasteiger partial charge is 0.493 e. The molecule has 4 rings (SSSR count). The van der Waals surface area contributed by atoms with E-state index in [4.69, 9.17) is 25.7 Å². The molecule has 1 saturated heterocycles. The molecule has 1 fully saturated rings. The van der Waals surface area contributed by atoms with E-state index in [0.717, 1.165) is 61.5 Å². The van der Waals surface area contributed by atoms with Gasteiger partial charge in [0.15, 0.2) is 0 Å². The van der Waals surface area contributed by atoms with Crippen LogP contribution in [-0.4, -0.2) is 64.3 Å². The molecule has 10 heteroatoms. The van der Waals surface area contributed by atoms with E-state index >= 15 is 0 Å². The van der Waals surface area contributed by atoms with Gasteiger partial charge >= 0.3 is 0 Å². The molecule has 0 spiro atoms. The summed E-state index contributed by atoms with van der Waals surface area (Å²) in [5.41, 5.74) is 13.6. The van der Waals surface area contributed by atoms with E-state index in [1.807, 2.05) is 18.2 Å². The van der Waals surface area contributed by atoms with Crippen molar-refractivity contribution in [3.05, 3.63) is 42.0 Å². The first-order valence-corrected chi connectivity index (χ1v) is 10.3. The summed E-state index contributed by atoms with van der Waals surface area (Å²) in [4.78, 5) is 19.2. The molecule has 4 N–H and O–H groups in total. The Morgan fingerprint density at radius 2 is 1.97 bits per heavy atom. The van der Waals surface area contributed by atoms with Gasteiger partial charge in [-0.05, 0) is 18.6 Å². The lowest BCUT2D eigenvalue weighted by Crippen LogP contribution is -2.37. The first kappa shape index (κ1) is 21.2. The van der Waals surface area contributed by atoms with Gasteiger partial charge in [-0.1, -0.05) is 0 Å². The number of ether oxygens (including phenoxy) is 3. The average Bonchev–Trinajstić information content (AvgIpc) is 2.81. The number of nitrogens with zero attached hydrogens (tertiary/aromatic N) is 5. The Kier molecular flexibility index (Phi) is 7.03. The van der Waals surface area contributed by atoms with E-state index in [1.54, 1.807) is 6.20 Å². The number of nitrogen functional groups attached to an aromatic ring is 1. The Hall–Kier alpha value is -3.08. The molecule has 0 radical (unpaired) electrons. The SMILES string of the molecule is NCc1cnc(N)nc1COc1ncnc2cc(OCCCN3CCOCC3)ccc12. The summed E-state index contributed by atoms with van der Waals surface area (Å²) < 4.78 is 17.2. The number of morpholine rings is 1. The summed E-state index contributed by atoms with van der Waals surface area (Å²) in [5, 5.41) is 0.791. The van der Waals surface area contributed by atoms with Crippen LogP contribution >= 0.6 is 0 Å². The zero-order valence-electron chi connectivity index (χ0n) is 17.4. The lowest BCUT2D eigenvalue weighted by atomic mass is 10.2. The lowest BCUT2D eigenvalue weighted by Gasteiger charge is -2.26. The van der Waals surface area contributed by atoms with Crippen molar-refractivity contribution in [1.82, 2.24) is 24.8 Å². The molecule has 10 nitrogen and oxygen atoms in total. The standard InChI is InChI=1S/C21H27N7O3/c22-11-15-12-24-21(23)27-19(15)13-31-20-17-3-2-16(10-18(17)25-14-26-20)30-7-1-4-28-5-8-29-9-6-28/h2-3,10,12,14H,1,4-9,11,13,22H2,(H2,23,24,27). The molecule has 1 aliphatic rings. The van der Waals surface area contributed by atoms with Gasteiger partial charge in [-0.2, -0.15) is 0 Å². The van der Waals surface area contributed by atoms with Gasteiger partial charge < -0.3 is 25.7 Å². The first-order valence-electron chi connectivity index (χ1n) is 10.3. The number of anilines is 1. The number of benzene rings is 1. The maximum atomic E-state index is 5.91. The van der Waals surface area contributed by atoms with Crippen molar-refractivity contribution in [2.24, 2.45) is 5.73 Å². The summed E-state index contributed by atoms with van der Waals surface area (Å²) in [6.45, 7) is 5.75. The number of hydrogen-bond acceptors (Lipinski definition) is 10. The van der Waals surface area contributed by atoms with Crippen molar-refractivity contribution < 1.29 is 14.2 Å². The quantitative estimate of drug-likeness (QED) is 0.481. The smallest absolute Gasteiger partial charge is 0.224 e. The molecule has 3 aromatic rings. The van der Waals surface area contributed by atoms with Gasteiger partial charge in [0.2, 0.25) is 11.8 Å². The molecule has 0 bridgehead atoms. The molecule has 0 saturated carbocycles. The van der Waals surface area contributed by atoms with Gasteiger partial charge in [-0.25, -0.2) is 19.9 Å². The Bertz CT molecular complexity index is 1010. The van der Waals surface area contributed by atoms with Crippen LogP contribution in [0, 0.1) is 0 Å². The summed E-state index contributed by atoms with van der Waals surface area (Å²) >= 11 is 0. The fourth-order valence-electron chi connectivity index (χ4n) is 3.41. The topological polar surface area (TPSA) is 135 Å².